The van der Waals surface area contributed by atoms with E-state index in [1.54, 1.807) is 48.5 Å². The van der Waals surface area contributed by atoms with Gasteiger partial charge < -0.3 is 108 Å². The van der Waals surface area contributed by atoms with Crippen molar-refractivity contribution >= 4 is 83.0 Å². The number of rotatable bonds is 31. The lowest BCUT2D eigenvalue weighted by Crippen LogP contribution is -2.37. The molecular formula is C62H115N14O21+. The third-order valence-electron chi connectivity index (χ3n) is 12.2. The second-order valence-corrected chi connectivity index (χ2v) is 22.2. The van der Waals surface area contributed by atoms with E-state index >= 15 is 0 Å². The van der Waals surface area contributed by atoms with Gasteiger partial charge in [-0.15, -0.1) is 0 Å². The minimum Gasteiger partial charge on any atom is -0.481 e. The molecule has 0 saturated heterocycles. The highest BCUT2D eigenvalue weighted by molar-refractivity contribution is 5.95. The summed E-state index contributed by atoms with van der Waals surface area (Å²) < 4.78 is 1.24. The Morgan fingerprint density at radius 3 is 1.39 bits per heavy atom. The van der Waals surface area contributed by atoms with Crippen LogP contribution in [0.4, 0.5) is 5.69 Å². The summed E-state index contributed by atoms with van der Waals surface area (Å²) in [4.78, 5) is 115. The van der Waals surface area contributed by atoms with Crippen LogP contribution in [0.25, 0.3) is 0 Å². The summed E-state index contributed by atoms with van der Waals surface area (Å²) in [6, 6.07) is 14.4. The van der Waals surface area contributed by atoms with Gasteiger partial charge in [0.05, 0.1) is 38.1 Å². The Hall–Kier alpha value is -9.13. The molecule has 35 heteroatoms. The summed E-state index contributed by atoms with van der Waals surface area (Å²) in [6.45, 7) is 11.3. The van der Waals surface area contributed by atoms with Gasteiger partial charge in [-0.1, -0.05) is 84.2 Å². The molecule has 1 saturated carbocycles. The third kappa shape index (κ3) is 77.5. The number of benzene rings is 2. The number of anilines is 1. The average molecular weight is 1390 g/mol. The number of hydrogen-bond donors (Lipinski definition) is 22. The minimum absolute atomic E-state index is 0.0115. The number of aliphatic carboxylic acids is 8. The van der Waals surface area contributed by atoms with Crippen LogP contribution in [0.5, 0.6) is 0 Å². The SMILES string of the molecule is CC(C)CC(CN)CC(=O)O.CC(C)CC(N)C(O)CC(=O)O.CCCC(=O)CN.C[N+](CC(=O)O)=C(N)N.NC(N)=NCC(=O)O.NCC1(CCCC(=O)O)CCCCC1.NCCC(=O)O.NCCCC(=O)O.Nc1ccccc1C(=O)O.O=C(O)CNC(=O)c1ccccc1. The Morgan fingerprint density at radius 2 is 1.09 bits per heavy atom. The van der Waals surface area contributed by atoms with Crippen molar-refractivity contribution in [1.29, 1.82) is 0 Å². The molecule has 1 fully saturated rings. The molecule has 2 aromatic rings. The number of Topliss-reactive ketones (excluding diaryl/α,β-unsaturated/α-hetero) is 1. The van der Waals surface area contributed by atoms with Gasteiger partial charge in [0, 0.05) is 49.5 Å². The predicted molar refractivity (Wildman–Crippen MR) is 367 cm³/mol. The fourth-order valence-corrected chi connectivity index (χ4v) is 7.43. The van der Waals surface area contributed by atoms with Crippen molar-refractivity contribution in [2.24, 2.45) is 85.5 Å². The molecule has 1 amide bonds. The van der Waals surface area contributed by atoms with E-state index in [9.17, 15) is 57.8 Å². The van der Waals surface area contributed by atoms with Gasteiger partial charge >= 0.3 is 59.7 Å². The molecule has 1 aliphatic rings. The number of aliphatic hydroxyl groups is 1. The summed E-state index contributed by atoms with van der Waals surface area (Å²) in [7, 11) is 1.50. The van der Waals surface area contributed by atoms with Gasteiger partial charge in [-0.25, -0.2) is 14.6 Å². The van der Waals surface area contributed by atoms with Crippen LogP contribution in [0.15, 0.2) is 59.6 Å². The van der Waals surface area contributed by atoms with Crippen LogP contribution >= 0.6 is 0 Å². The fourth-order valence-electron chi connectivity index (χ4n) is 7.43. The standard InChI is InChI=1S/C11H21NO2.C9H9NO3.C8H17NO3.C8H17NO2.C7H7NO2.C5H11NO.C4H9N3O2.C4H9NO2.C3H7N3O2.C3H7NO2/c12-9-11(6-2-1-3-7-11)8-4-5-10(13)14;11-8(12)6-10-9(13)7-4-2-1-3-5-7;1-5(2)3-6(9)7(10)4-8(11)12;1-6(2)3-7(5-9)4-8(10)11;8-6-4-2-1-3-5(6)7(9)10;1-2-3-5(7)4-6;1-7(4(5)6)2-3(8)9;5-3-1-2-4(6)7;4-3(5)6-1-2(7)8;4-2-1-3(5)6/h1-9,12H2,(H,13,14);1-5H,6H2,(H,10,13)(H,11,12);5-7,10H,3-4,9H2,1-2H3,(H,11,12);6-7H,3-5,9H2,1-2H3,(H,10,11);1-4H,8H2,(H,9,10);2-4,6H2,1H3;2H2,1H3,(H4,5,6,8,9);1-3,5H2,(H,6,7);1H2,(H,7,8)(H4,4,5,6);1-2,4H2,(H,5,6)/p+1. The number of carbonyl (C=O) groups is 11. The maximum absolute atomic E-state index is 11.2. The number of carboxylic acid groups (broad SMARTS) is 9. The van der Waals surface area contributed by atoms with E-state index in [1.165, 1.54) is 49.8 Å². The first-order valence-corrected chi connectivity index (χ1v) is 30.9. The molecule has 33 N–H and O–H groups in total. The lowest BCUT2D eigenvalue weighted by atomic mass is 9.71. The number of nitrogens with one attached hydrogen (secondary N) is 1. The molecule has 0 spiro atoms. The van der Waals surface area contributed by atoms with E-state index in [4.69, 9.17) is 109 Å². The molecule has 3 atom stereocenters. The molecule has 3 rings (SSSR count). The van der Waals surface area contributed by atoms with Gasteiger partial charge in [0.25, 0.3) is 5.91 Å². The number of ketones is 1. The van der Waals surface area contributed by atoms with Gasteiger partial charge in [0.2, 0.25) is 0 Å². The highest BCUT2D eigenvalue weighted by Crippen LogP contribution is 2.39. The van der Waals surface area contributed by atoms with Crippen LogP contribution in [0.3, 0.4) is 0 Å². The lowest BCUT2D eigenvalue weighted by Gasteiger charge is -2.36. The zero-order chi connectivity index (χ0) is 76.7. The zero-order valence-corrected chi connectivity index (χ0v) is 57.0. The van der Waals surface area contributed by atoms with E-state index in [-0.39, 0.29) is 98.9 Å². The summed E-state index contributed by atoms with van der Waals surface area (Å²) in [5.74, 6) is -7.44. The molecular weight excluding hydrogens is 1280 g/mol. The van der Waals surface area contributed by atoms with Gasteiger partial charge in [-0.2, -0.15) is 0 Å². The van der Waals surface area contributed by atoms with E-state index in [1.807, 2.05) is 20.8 Å². The van der Waals surface area contributed by atoms with E-state index in [0.717, 1.165) is 32.2 Å². The van der Waals surface area contributed by atoms with Crippen molar-refractivity contribution in [2.75, 3.05) is 65.1 Å². The molecule has 0 aliphatic heterocycles. The molecule has 558 valence electrons. The first-order chi connectivity index (χ1) is 45.1. The zero-order valence-electron chi connectivity index (χ0n) is 57.0. The number of likely N-dealkylation sites (N-methyl/N-ethyl adjacent to an activating group) is 1. The van der Waals surface area contributed by atoms with Crippen LogP contribution in [0, 0.1) is 23.2 Å². The summed E-state index contributed by atoms with van der Waals surface area (Å²) in [6.07, 6.45) is 11.3. The highest BCUT2D eigenvalue weighted by atomic mass is 16.4. The summed E-state index contributed by atoms with van der Waals surface area (Å²) in [5, 5.41) is 85.6. The molecule has 97 heavy (non-hydrogen) atoms. The average Bonchev–Trinajstić information content (AvgIpc) is 0.919. The molecule has 1 aliphatic carbocycles. The van der Waals surface area contributed by atoms with Crippen LogP contribution in [0.2, 0.25) is 0 Å². The van der Waals surface area contributed by atoms with Crippen LogP contribution < -0.4 is 68.4 Å². The second kappa shape index (κ2) is 65.5. The van der Waals surface area contributed by atoms with Gasteiger partial charge in [0.1, 0.15) is 18.9 Å². The largest absolute Gasteiger partial charge is 0.481 e. The van der Waals surface area contributed by atoms with Crippen LogP contribution in [-0.2, 0) is 43.2 Å². The molecule has 0 heterocycles. The topological polar surface area (TPSA) is 704 Å². The molecule has 3 unspecified atom stereocenters. The van der Waals surface area contributed by atoms with E-state index < -0.39 is 65.9 Å². The predicted octanol–water partition coefficient (Wildman–Crippen LogP) is 0.771. The Kier molecular flexibility index (Phi) is 68.5. The number of carboxylic acids is 9. The lowest BCUT2D eigenvalue weighted by molar-refractivity contribution is -0.489. The van der Waals surface area contributed by atoms with Crippen molar-refractivity contribution in [3.05, 3.63) is 65.7 Å². The van der Waals surface area contributed by atoms with Crippen LogP contribution in [-0.4, -0.2) is 205 Å². The molecule has 0 aromatic heterocycles. The fraction of sp³-hybridized carbons (Fsp3) is 0.597. The van der Waals surface area contributed by atoms with Crippen molar-refractivity contribution in [2.45, 2.75) is 156 Å². The number of para-hydroxylation sites is 1. The number of aliphatic hydroxyl groups excluding tert-OH is 1. The summed E-state index contributed by atoms with van der Waals surface area (Å²) in [5.41, 5.74) is 57.9. The van der Waals surface area contributed by atoms with E-state index in [2.05, 4.69) is 24.2 Å². The quantitative estimate of drug-likeness (QED) is 0.0215. The number of hydrogen-bond acceptors (Lipinski definition) is 20. The third-order valence-corrected chi connectivity index (χ3v) is 12.2. The van der Waals surface area contributed by atoms with Crippen molar-refractivity contribution in [1.82, 2.24) is 5.32 Å². The first kappa shape index (κ1) is 101. The maximum Gasteiger partial charge on any atom is 0.341 e. The molecule has 2 aromatic carbocycles. The van der Waals surface area contributed by atoms with Gasteiger partial charge in [-0.05, 0) is 118 Å². The summed E-state index contributed by atoms with van der Waals surface area (Å²) >= 11 is 0. The monoisotopic (exact) mass is 1390 g/mol. The van der Waals surface area contributed by atoms with Crippen molar-refractivity contribution < 1.29 is 108 Å². The Balaban J connectivity index is -0.000000188. The Labute approximate surface area is 567 Å². The number of aromatic carboxylic acids is 1. The Morgan fingerprint density at radius 1 is 0.598 bits per heavy atom. The minimum atomic E-state index is -1.05. The number of carbonyl (C=O) groups excluding carboxylic acids is 2. The second-order valence-electron chi connectivity index (χ2n) is 22.2. The maximum atomic E-state index is 11.2. The van der Waals surface area contributed by atoms with Crippen LogP contribution in [0.1, 0.15) is 164 Å². The highest BCUT2D eigenvalue weighted by Gasteiger charge is 2.30. The number of nitrogen functional groups attached to an aromatic ring is 1. The number of aliphatic imine (C=N–C) groups is 1. The number of nitrogens with two attached hydrogens (primary N) is 11. The van der Waals surface area contributed by atoms with Crippen molar-refractivity contribution in [3.63, 3.8) is 0 Å². The van der Waals surface area contributed by atoms with Crippen molar-refractivity contribution in [3.8, 4) is 0 Å². The van der Waals surface area contributed by atoms with E-state index in [0.29, 0.717) is 61.9 Å². The van der Waals surface area contributed by atoms with Gasteiger partial charge in [0.15, 0.2) is 12.5 Å². The Bertz CT molecular complexity index is 2570. The molecule has 0 bridgehead atoms. The number of amides is 1. The number of guanidine groups is 2. The first-order valence-electron chi connectivity index (χ1n) is 30.9. The normalized spacial score (nSPS) is 11.9. The molecule has 0 radical (unpaired) electrons. The molecule has 35 nitrogen and oxygen atoms in total. The number of nitrogens with zero attached hydrogens (tertiary/aromatic N) is 2. The van der Waals surface area contributed by atoms with Gasteiger partial charge in [-0.3, -0.25) is 59.2 Å². The smallest absolute Gasteiger partial charge is 0.341 e.